The van der Waals surface area contributed by atoms with E-state index >= 15 is 0 Å². The van der Waals surface area contributed by atoms with E-state index in [1.165, 1.54) is 18.2 Å². The van der Waals surface area contributed by atoms with E-state index in [0.717, 1.165) is 0 Å². The van der Waals surface area contributed by atoms with Crippen molar-refractivity contribution in [2.75, 3.05) is 11.9 Å². The highest BCUT2D eigenvalue weighted by Gasteiger charge is 2.31. The van der Waals surface area contributed by atoms with Gasteiger partial charge in [0.2, 0.25) is 11.8 Å². The molecule has 0 aliphatic carbocycles. The molecule has 24 heavy (non-hydrogen) atoms. The fraction of sp³-hybridized carbons (Fsp3) is 0.471. The Bertz CT molecular complexity index is 660. The van der Waals surface area contributed by atoms with Gasteiger partial charge in [0.25, 0.3) is 0 Å². The number of aliphatic carboxylic acids is 1. The molecule has 6 nitrogen and oxygen atoms in total. The minimum absolute atomic E-state index is 0.000986. The van der Waals surface area contributed by atoms with Crippen molar-refractivity contribution in [3.63, 3.8) is 0 Å². The highest BCUT2D eigenvalue weighted by Crippen LogP contribution is 2.32. The second-order valence-electron chi connectivity index (χ2n) is 6.45. The normalized spacial score (nSPS) is 17.8. The Morgan fingerprint density at radius 1 is 1.42 bits per heavy atom. The third-order valence-corrected chi connectivity index (χ3v) is 4.00. The number of benzene rings is 1. The van der Waals surface area contributed by atoms with Gasteiger partial charge < -0.3 is 15.7 Å². The number of amides is 2. The van der Waals surface area contributed by atoms with Crippen molar-refractivity contribution in [3.8, 4) is 0 Å². The van der Waals surface area contributed by atoms with Crippen molar-refractivity contribution in [1.82, 2.24) is 5.32 Å². The van der Waals surface area contributed by atoms with Crippen molar-refractivity contribution >= 4 is 23.5 Å². The second kappa shape index (κ2) is 7.42. The summed E-state index contributed by atoms with van der Waals surface area (Å²) in [4.78, 5) is 35.4. The first kappa shape index (κ1) is 17.9. The fourth-order valence-electron chi connectivity index (χ4n) is 2.86. The number of rotatable bonds is 6. The summed E-state index contributed by atoms with van der Waals surface area (Å²) in [6, 6.07) is 3.87. The van der Waals surface area contributed by atoms with Crippen molar-refractivity contribution in [2.45, 2.75) is 32.6 Å². The summed E-state index contributed by atoms with van der Waals surface area (Å²) in [5.41, 5.74) is 0.813. The zero-order valence-corrected chi connectivity index (χ0v) is 13.6. The van der Waals surface area contributed by atoms with Crippen molar-refractivity contribution < 1.29 is 23.9 Å². The SMILES string of the molecule is CC(C)CC(CNC(=O)C1CC(=O)Nc2cc(F)ccc21)C(=O)O. The number of hydrogen-bond acceptors (Lipinski definition) is 3. The number of hydrogen-bond donors (Lipinski definition) is 3. The molecule has 7 heteroatoms. The van der Waals surface area contributed by atoms with Crippen LogP contribution in [0.3, 0.4) is 0 Å². The van der Waals surface area contributed by atoms with Gasteiger partial charge in [-0.2, -0.15) is 0 Å². The lowest BCUT2D eigenvalue weighted by molar-refractivity contribution is -0.142. The molecule has 2 atom stereocenters. The molecule has 1 heterocycles. The van der Waals surface area contributed by atoms with Gasteiger partial charge in [-0.1, -0.05) is 19.9 Å². The summed E-state index contributed by atoms with van der Waals surface area (Å²) >= 11 is 0. The summed E-state index contributed by atoms with van der Waals surface area (Å²) in [6.45, 7) is 3.82. The Morgan fingerprint density at radius 2 is 2.12 bits per heavy atom. The molecule has 0 bridgehead atoms. The molecular weight excluding hydrogens is 315 g/mol. The average Bonchev–Trinajstić information content (AvgIpc) is 2.49. The molecule has 2 rings (SSSR count). The Labute approximate surface area is 139 Å². The Kier molecular flexibility index (Phi) is 5.54. The molecule has 0 saturated heterocycles. The van der Waals surface area contributed by atoms with Crippen molar-refractivity contribution in [1.29, 1.82) is 0 Å². The summed E-state index contributed by atoms with van der Waals surface area (Å²) in [5, 5.41) is 14.4. The number of carboxylic acid groups (broad SMARTS) is 1. The highest BCUT2D eigenvalue weighted by molar-refractivity contribution is 6.01. The van der Waals surface area contributed by atoms with E-state index in [-0.39, 0.29) is 30.5 Å². The minimum Gasteiger partial charge on any atom is -0.481 e. The Balaban J connectivity index is 2.10. The van der Waals surface area contributed by atoms with Crippen LogP contribution in [0.5, 0.6) is 0 Å². The number of anilines is 1. The van der Waals surface area contributed by atoms with Gasteiger partial charge in [-0.05, 0) is 30.0 Å². The first-order chi connectivity index (χ1) is 11.3. The molecule has 1 aromatic carbocycles. The number of fused-ring (bicyclic) bond motifs is 1. The van der Waals surface area contributed by atoms with E-state index in [1.54, 1.807) is 0 Å². The average molecular weight is 336 g/mol. The highest BCUT2D eigenvalue weighted by atomic mass is 19.1. The van der Waals surface area contributed by atoms with Crippen LogP contribution in [0.25, 0.3) is 0 Å². The van der Waals surface area contributed by atoms with Gasteiger partial charge in [0, 0.05) is 18.7 Å². The summed E-state index contributed by atoms with van der Waals surface area (Å²) < 4.78 is 13.3. The second-order valence-corrected chi connectivity index (χ2v) is 6.45. The van der Waals surface area contributed by atoms with Gasteiger partial charge in [0.15, 0.2) is 0 Å². The smallest absolute Gasteiger partial charge is 0.308 e. The molecule has 130 valence electrons. The summed E-state index contributed by atoms with van der Waals surface area (Å²) in [7, 11) is 0. The zero-order chi connectivity index (χ0) is 17.9. The third kappa shape index (κ3) is 4.31. The van der Waals surface area contributed by atoms with Gasteiger partial charge in [0.05, 0.1) is 11.8 Å². The molecule has 0 aromatic heterocycles. The molecule has 1 aromatic rings. The molecule has 0 fully saturated rings. The maximum absolute atomic E-state index is 13.3. The fourth-order valence-corrected chi connectivity index (χ4v) is 2.86. The molecule has 1 aliphatic rings. The van der Waals surface area contributed by atoms with E-state index < -0.39 is 29.5 Å². The lowest BCUT2D eigenvalue weighted by Crippen LogP contribution is -2.39. The van der Waals surface area contributed by atoms with Crippen molar-refractivity contribution in [2.24, 2.45) is 11.8 Å². The molecule has 1 aliphatic heterocycles. The quantitative estimate of drug-likeness (QED) is 0.741. The topological polar surface area (TPSA) is 95.5 Å². The minimum atomic E-state index is -0.965. The lowest BCUT2D eigenvalue weighted by atomic mass is 9.89. The Morgan fingerprint density at radius 3 is 2.75 bits per heavy atom. The molecular formula is C17H21FN2O4. The van der Waals surface area contributed by atoms with Crippen molar-refractivity contribution in [3.05, 3.63) is 29.6 Å². The van der Waals surface area contributed by atoms with E-state index in [2.05, 4.69) is 10.6 Å². The molecule has 0 spiro atoms. The van der Waals surface area contributed by atoms with E-state index in [1.807, 2.05) is 13.8 Å². The van der Waals surface area contributed by atoms with E-state index in [4.69, 9.17) is 0 Å². The molecule has 0 radical (unpaired) electrons. The van der Waals surface area contributed by atoms with Gasteiger partial charge in [0.1, 0.15) is 5.82 Å². The van der Waals surface area contributed by atoms with Gasteiger partial charge in [-0.25, -0.2) is 4.39 Å². The van der Waals surface area contributed by atoms with Gasteiger partial charge >= 0.3 is 5.97 Å². The summed E-state index contributed by atoms with van der Waals surface area (Å²) in [5.74, 6) is -3.50. The number of carboxylic acids is 1. The maximum Gasteiger partial charge on any atom is 0.308 e. The first-order valence-corrected chi connectivity index (χ1v) is 7.87. The van der Waals surface area contributed by atoms with Crippen LogP contribution in [0.4, 0.5) is 10.1 Å². The molecule has 2 amide bonds. The first-order valence-electron chi connectivity index (χ1n) is 7.87. The largest absolute Gasteiger partial charge is 0.481 e. The van der Waals surface area contributed by atoms with Crippen LogP contribution in [-0.4, -0.2) is 29.4 Å². The van der Waals surface area contributed by atoms with Gasteiger partial charge in [-0.3, -0.25) is 14.4 Å². The van der Waals surface area contributed by atoms with Crippen LogP contribution in [0.1, 0.15) is 38.2 Å². The third-order valence-electron chi connectivity index (χ3n) is 4.00. The predicted molar refractivity (Wildman–Crippen MR) is 86.0 cm³/mol. The lowest BCUT2D eigenvalue weighted by Gasteiger charge is -2.25. The number of nitrogens with one attached hydrogen (secondary N) is 2. The number of halogens is 1. The van der Waals surface area contributed by atoms with Crippen LogP contribution < -0.4 is 10.6 Å². The van der Waals surface area contributed by atoms with Gasteiger partial charge in [-0.15, -0.1) is 0 Å². The Hall–Kier alpha value is -2.44. The number of carbonyl (C=O) groups is 3. The van der Waals surface area contributed by atoms with Crippen LogP contribution >= 0.6 is 0 Å². The standard InChI is InChI=1S/C17H21FN2O4/c1-9(2)5-10(17(23)24)8-19-16(22)13-7-15(21)20-14-6-11(18)3-4-12(13)14/h3-4,6,9-10,13H,5,7-8H2,1-2H3,(H,19,22)(H,20,21)(H,23,24). The van der Waals surface area contributed by atoms with E-state index in [0.29, 0.717) is 12.0 Å². The predicted octanol–water partition coefficient (Wildman–Crippen LogP) is 2.11. The van der Waals surface area contributed by atoms with Crippen LogP contribution in [-0.2, 0) is 14.4 Å². The molecule has 2 unspecified atom stereocenters. The van der Waals surface area contributed by atoms with Crippen LogP contribution in [0, 0.1) is 17.7 Å². The van der Waals surface area contributed by atoms with Crippen LogP contribution in [0.2, 0.25) is 0 Å². The van der Waals surface area contributed by atoms with E-state index in [9.17, 15) is 23.9 Å². The maximum atomic E-state index is 13.3. The molecule has 3 N–H and O–H groups in total. The number of carbonyl (C=O) groups excluding carboxylic acids is 2. The summed E-state index contributed by atoms with van der Waals surface area (Å²) in [6.07, 6.45) is 0.398. The van der Waals surface area contributed by atoms with Crippen LogP contribution in [0.15, 0.2) is 18.2 Å². The molecule has 0 saturated carbocycles. The zero-order valence-electron chi connectivity index (χ0n) is 13.6. The monoisotopic (exact) mass is 336 g/mol.